The molecule has 23 heteroatoms. The van der Waals surface area contributed by atoms with Gasteiger partial charge in [0.15, 0.2) is 17.0 Å². The molecule has 1 saturated carbocycles. The van der Waals surface area contributed by atoms with Gasteiger partial charge in [-0.2, -0.15) is 0 Å². The maximum absolute atomic E-state index is 15.5. The number of anilines is 1. The summed E-state index contributed by atoms with van der Waals surface area (Å²) in [5, 5.41) is 0. The lowest BCUT2D eigenvalue weighted by molar-refractivity contribution is -0.0358. The molecule has 0 amide bonds. The van der Waals surface area contributed by atoms with Crippen molar-refractivity contribution in [3.8, 4) is 0 Å². The van der Waals surface area contributed by atoms with Crippen LogP contribution >= 0.6 is 38.1 Å². The lowest BCUT2D eigenvalue weighted by Gasteiger charge is -2.45. The van der Waals surface area contributed by atoms with Crippen LogP contribution in [0, 0.1) is 17.8 Å². The largest absolute Gasteiger partial charge is 0.386 e. The van der Waals surface area contributed by atoms with E-state index in [2.05, 4.69) is 54.4 Å². The molecule has 4 N–H and O–H groups in total. The molecule has 1 aliphatic carbocycles. The number of alkyl halides is 1. The summed E-state index contributed by atoms with van der Waals surface area (Å²) in [6, 6.07) is -0.288. The number of aromatic nitrogens is 9. The van der Waals surface area contributed by atoms with Crippen LogP contribution in [0.2, 0.25) is 0 Å². The fourth-order valence-corrected chi connectivity index (χ4v) is 7.92. The predicted molar refractivity (Wildman–Crippen MR) is 171 cm³/mol. The van der Waals surface area contributed by atoms with E-state index in [1.165, 1.54) is 34.0 Å². The first-order valence-corrected chi connectivity index (χ1v) is 19.7. The van der Waals surface area contributed by atoms with Gasteiger partial charge in [0, 0.05) is 30.3 Å². The topological polar surface area (TPSA) is 229 Å². The number of fused-ring (bicyclic) bond motifs is 3. The number of halogens is 1. The Labute approximate surface area is 274 Å². The van der Waals surface area contributed by atoms with Crippen LogP contribution in [0.15, 0.2) is 36.2 Å². The first kappa shape index (κ1) is 32.7. The summed E-state index contributed by atoms with van der Waals surface area (Å²) in [6.07, 6.45) is 4.13. The lowest BCUT2D eigenvalue weighted by Crippen LogP contribution is -2.43. The summed E-state index contributed by atoms with van der Waals surface area (Å²) < 4.78 is 67.2. The van der Waals surface area contributed by atoms with Crippen LogP contribution in [0.25, 0.3) is 28.1 Å². The Bertz CT molecular complexity index is 2120. The number of H-pyrrole nitrogens is 1. The number of ether oxygens (including phenoxy) is 1. The molecule has 2 unspecified atom stereocenters. The molecule has 6 heterocycles. The molecule has 2 aliphatic rings. The molecule has 0 bridgehead atoms. The average Bonchev–Trinajstić information content (AvgIpc) is 3.79. The Balaban J connectivity index is 1.03. The molecule has 5 aromatic heterocycles. The molecule has 9 atom stereocenters. The highest BCUT2D eigenvalue weighted by molar-refractivity contribution is 8.44. The molecule has 0 aromatic carbocycles. The Morgan fingerprint density at radius 1 is 1.09 bits per heavy atom. The summed E-state index contributed by atoms with van der Waals surface area (Å²) in [6.45, 7) is -7.23. The number of rotatable bonds is 11. The minimum absolute atomic E-state index is 0.123. The van der Waals surface area contributed by atoms with Crippen molar-refractivity contribution in [2.75, 3.05) is 25.6 Å². The Hall–Kier alpha value is -2.87. The summed E-state index contributed by atoms with van der Waals surface area (Å²) >= 11 is 7.68. The van der Waals surface area contributed by atoms with Gasteiger partial charge in [-0.05, 0) is 12.3 Å². The Morgan fingerprint density at radius 2 is 1.83 bits per heavy atom. The van der Waals surface area contributed by atoms with E-state index in [0.717, 1.165) is 0 Å². The van der Waals surface area contributed by atoms with Crippen molar-refractivity contribution in [2.45, 2.75) is 37.9 Å². The van der Waals surface area contributed by atoms with Crippen molar-refractivity contribution in [1.29, 1.82) is 0 Å². The van der Waals surface area contributed by atoms with E-state index < -0.39 is 56.1 Å². The van der Waals surface area contributed by atoms with Crippen LogP contribution in [-0.2, 0) is 27.4 Å². The summed E-state index contributed by atoms with van der Waals surface area (Å²) in [5.41, 5.74) is 6.85. The van der Waals surface area contributed by atoms with E-state index in [-0.39, 0.29) is 42.3 Å². The molecular weight excluding hydrogens is 701 g/mol. The maximum atomic E-state index is 15.5. The van der Waals surface area contributed by atoms with E-state index in [1.54, 1.807) is 17.8 Å². The molecule has 0 spiro atoms. The molecule has 0 radical (unpaired) electrons. The first-order chi connectivity index (χ1) is 22.3. The van der Waals surface area contributed by atoms with Gasteiger partial charge in [-0.15, -0.1) is 0 Å². The standard InChI is InChI=1S/C24H29FN10O8P2S2/c1-11-16(25)15(43-23(11)35-10-31-18-21(35)32-24-27-2-3-33(24)22(18)36)7-42-45(39,47)41-6-13-12(5-40-44(37,38)46)4-14(13)34-9-30-17-19(26)28-8-29-20(17)34/h2-3,8-16,23H,4-7H2,1H3,(H,27,32)(H,39,47)(H2,26,28,29)(H2,37,38,46)/t11-,12-,13-,14-,15-,16+,23-,45?/m1/s1. The van der Waals surface area contributed by atoms with Gasteiger partial charge in [-0.3, -0.25) is 13.9 Å². The smallest absolute Gasteiger partial charge is 0.382 e. The molecule has 18 nitrogen and oxygen atoms in total. The third kappa shape index (κ3) is 6.13. The number of nitrogens with zero attached hydrogens (tertiary/aromatic N) is 8. The van der Waals surface area contributed by atoms with Crippen LogP contribution in [0.4, 0.5) is 10.2 Å². The Morgan fingerprint density at radius 3 is 2.62 bits per heavy atom. The molecule has 1 saturated heterocycles. The third-order valence-electron chi connectivity index (χ3n) is 8.66. The van der Waals surface area contributed by atoms with Crippen LogP contribution in [-0.4, -0.2) is 80.4 Å². The number of aromatic amines is 1. The molecule has 5 aromatic rings. The van der Waals surface area contributed by atoms with E-state index in [0.29, 0.717) is 23.2 Å². The summed E-state index contributed by atoms with van der Waals surface area (Å²) in [4.78, 5) is 46.1. The fourth-order valence-electron chi connectivity index (χ4n) is 6.17. The van der Waals surface area contributed by atoms with Crippen molar-refractivity contribution >= 4 is 72.0 Å². The van der Waals surface area contributed by atoms with Crippen molar-refractivity contribution in [2.24, 2.45) is 17.8 Å². The van der Waals surface area contributed by atoms with Crippen molar-refractivity contribution in [1.82, 2.24) is 43.4 Å². The zero-order chi connectivity index (χ0) is 33.2. The van der Waals surface area contributed by atoms with Gasteiger partial charge >= 0.3 is 13.6 Å². The van der Waals surface area contributed by atoms with E-state index >= 15 is 4.39 Å². The summed E-state index contributed by atoms with van der Waals surface area (Å²) in [7, 11) is 0. The van der Waals surface area contributed by atoms with E-state index in [1.807, 2.05) is 0 Å². The van der Waals surface area contributed by atoms with Crippen LogP contribution < -0.4 is 11.3 Å². The second-order valence-corrected chi connectivity index (χ2v) is 17.1. The van der Waals surface area contributed by atoms with Gasteiger partial charge in [0.2, 0.25) is 5.78 Å². The van der Waals surface area contributed by atoms with Crippen molar-refractivity contribution in [3.05, 3.63) is 41.7 Å². The minimum atomic E-state index is -4.07. The highest BCUT2D eigenvalue weighted by Gasteiger charge is 2.47. The van der Waals surface area contributed by atoms with Crippen LogP contribution in [0.3, 0.4) is 0 Å². The van der Waals surface area contributed by atoms with Gasteiger partial charge < -0.3 is 34.0 Å². The molecule has 7 rings (SSSR count). The normalized spacial score (nSPS) is 28.9. The molecule has 252 valence electrons. The van der Waals surface area contributed by atoms with Crippen molar-refractivity contribution in [3.63, 3.8) is 0 Å². The SMILES string of the molecule is C[C@@H]1[C@H](F)[C@@H](COP(=O)(S)OC[C@@H]2[C@@H](COP(=O)(O)S)C[C@H]2n2cnc3c(N)ncnc32)O[C@H]1n1cnc2c(=O)n3ccnc3[nH]c21. The van der Waals surface area contributed by atoms with Crippen LogP contribution in [0.5, 0.6) is 0 Å². The minimum Gasteiger partial charge on any atom is -0.382 e. The number of nitrogen functional groups attached to an aromatic ring is 1. The number of hydrogen-bond donors (Lipinski definition) is 5. The highest BCUT2D eigenvalue weighted by Crippen LogP contribution is 2.57. The first-order valence-electron chi connectivity index (χ1n) is 14.3. The zero-order valence-electron chi connectivity index (χ0n) is 24.4. The number of nitrogens with two attached hydrogens (primary N) is 1. The van der Waals surface area contributed by atoms with Gasteiger partial charge in [0.05, 0.1) is 32.5 Å². The predicted octanol–water partition coefficient (Wildman–Crippen LogP) is 2.96. The molecule has 2 fully saturated rings. The molecule has 1 aliphatic heterocycles. The summed E-state index contributed by atoms with van der Waals surface area (Å²) in [5.74, 6) is -0.919. The molecular formula is C24H29FN10O8P2S2. The lowest BCUT2D eigenvalue weighted by atomic mass is 9.70. The molecule has 47 heavy (non-hydrogen) atoms. The van der Waals surface area contributed by atoms with Gasteiger partial charge in [-0.1, -0.05) is 31.4 Å². The van der Waals surface area contributed by atoms with E-state index in [4.69, 9.17) is 24.0 Å². The number of nitrogens with one attached hydrogen (secondary N) is 1. The number of hydrogen-bond acceptors (Lipinski definition) is 13. The zero-order valence-corrected chi connectivity index (χ0v) is 28.0. The monoisotopic (exact) mass is 730 g/mol. The second kappa shape index (κ2) is 12.2. The van der Waals surface area contributed by atoms with Crippen LogP contribution in [0.1, 0.15) is 25.6 Å². The van der Waals surface area contributed by atoms with E-state index in [9.17, 15) is 18.8 Å². The average molecular weight is 731 g/mol. The third-order valence-corrected chi connectivity index (χ3v) is 11.1. The van der Waals surface area contributed by atoms with Gasteiger partial charge in [-0.25, -0.2) is 42.8 Å². The maximum Gasteiger partial charge on any atom is 0.386 e. The quantitative estimate of drug-likeness (QED) is 0.0973. The number of thiol groups is 2. The van der Waals surface area contributed by atoms with Gasteiger partial charge in [0.25, 0.3) is 5.56 Å². The van der Waals surface area contributed by atoms with Crippen molar-refractivity contribution < 1.29 is 36.7 Å². The highest BCUT2D eigenvalue weighted by atomic mass is 32.7. The van der Waals surface area contributed by atoms with Gasteiger partial charge in [0.1, 0.15) is 36.0 Å². The fraction of sp³-hybridized carbons (Fsp3) is 0.500. The number of imidazole rings is 3. The Kier molecular flexibility index (Phi) is 8.50. The second-order valence-electron chi connectivity index (χ2n) is 11.4.